The highest BCUT2D eigenvalue weighted by Gasteiger charge is 2.39. The van der Waals surface area contributed by atoms with Gasteiger partial charge in [0.15, 0.2) is 0 Å². The molecule has 1 saturated heterocycles. The van der Waals surface area contributed by atoms with Crippen molar-refractivity contribution >= 4 is 60.7 Å². The number of hydroxylamine groups is 2. The lowest BCUT2D eigenvalue weighted by Crippen LogP contribution is -2.34. The maximum atomic E-state index is 14.3. The Kier molecular flexibility index (Phi) is 5.25. The first kappa shape index (κ1) is 19.5. The quantitative estimate of drug-likeness (QED) is 0.509. The molecule has 1 aliphatic heterocycles. The zero-order chi connectivity index (χ0) is 19.9. The second kappa shape index (κ2) is 7.54. The van der Waals surface area contributed by atoms with Gasteiger partial charge >= 0.3 is 0 Å². The number of aliphatic hydroxyl groups is 1. The van der Waals surface area contributed by atoms with Crippen LogP contribution in [0.25, 0.3) is 10.2 Å². The molecule has 0 radical (unpaired) electrons. The van der Waals surface area contributed by atoms with Gasteiger partial charge in [-0.05, 0) is 59.8 Å². The van der Waals surface area contributed by atoms with Crippen LogP contribution < -0.4 is 5.32 Å². The van der Waals surface area contributed by atoms with Gasteiger partial charge in [-0.3, -0.25) is 9.63 Å². The van der Waals surface area contributed by atoms with Crippen molar-refractivity contribution in [2.24, 2.45) is 0 Å². The zero-order valence-corrected chi connectivity index (χ0v) is 17.9. The monoisotopic (exact) mass is 513 g/mol. The molecule has 1 unspecified atom stereocenters. The highest BCUT2D eigenvalue weighted by Crippen LogP contribution is 2.39. The van der Waals surface area contributed by atoms with E-state index in [2.05, 4.69) is 10.3 Å². The van der Waals surface area contributed by atoms with Gasteiger partial charge in [-0.2, -0.15) is 0 Å². The third-order valence-electron chi connectivity index (χ3n) is 4.59. The van der Waals surface area contributed by atoms with E-state index in [9.17, 15) is 14.3 Å². The predicted molar refractivity (Wildman–Crippen MR) is 114 cm³/mol. The Bertz CT molecular complexity index is 1060. The Morgan fingerprint density at radius 1 is 1.50 bits per heavy atom. The molecule has 1 aliphatic rings. The van der Waals surface area contributed by atoms with E-state index in [1.54, 1.807) is 31.3 Å². The number of nitrogens with zero attached hydrogens (tertiary/aromatic N) is 2. The minimum atomic E-state index is -0.782. The minimum Gasteiger partial charge on any atom is -0.393 e. The van der Waals surface area contributed by atoms with Gasteiger partial charge in [0.2, 0.25) is 0 Å². The summed E-state index contributed by atoms with van der Waals surface area (Å²) in [6, 6.07) is 8.41. The summed E-state index contributed by atoms with van der Waals surface area (Å²) < 4.78 is 15.1. The predicted octanol–water partition coefficient (Wildman–Crippen LogP) is 4.31. The third kappa shape index (κ3) is 3.59. The molecule has 2 N–H and O–H groups in total. The molecule has 1 atom stereocenters. The molecule has 4 rings (SSSR count). The molecule has 1 amide bonds. The van der Waals surface area contributed by atoms with Gasteiger partial charge in [-0.25, -0.2) is 14.4 Å². The normalized spacial score (nSPS) is 19.4. The van der Waals surface area contributed by atoms with Gasteiger partial charge in [-0.1, -0.05) is 11.3 Å². The second-order valence-corrected chi connectivity index (χ2v) is 9.01. The van der Waals surface area contributed by atoms with Crippen LogP contribution >= 0.6 is 33.9 Å². The van der Waals surface area contributed by atoms with Crippen molar-refractivity contribution in [1.82, 2.24) is 10.0 Å². The number of thiophene rings is 1. The van der Waals surface area contributed by atoms with Crippen molar-refractivity contribution in [3.8, 4) is 0 Å². The topological polar surface area (TPSA) is 74.7 Å². The number of pyridine rings is 1. The van der Waals surface area contributed by atoms with Crippen LogP contribution in [0.2, 0.25) is 0 Å². The molecular weight excluding hydrogens is 496 g/mol. The molecule has 3 aromatic rings. The van der Waals surface area contributed by atoms with Gasteiger partial charge < -0.3 is 10.4 Å². The van der Waals surface area contributed by atoms with Crippen molar-refractivity contribution in [3.63, 3.8) is 0 Å². The fourth-order valence-electron chi connectivity index (χ4n) is 3.02. The number of amides is 1. The van der Waals surface area contributed by atoms with Crippen LogP contribution in [-0.4, -0.2) is 39.8 Å². The van der Waals surface area contributed by atoms with E-state index in [-0.39, 0.29) is 18.2 Å². The molecule has 28 heavy (non-hydrogen) atoms. The minimum absolute atomic E-state index is 0.179. The molecule has 146 valence electrons. The molecule has 0 spiro atoms. The Morgan fingerprint density at radius 2 is 2.32 bits per heavy atom. The van der Waals surface area contributed by atoms with E-state index in [0.717, 1.165) is 3.57 Å². The summed E-state index contributed by atoms with van der Waals surface area (Å²) in [5.74, 6) is -0.745. The highest BCUT2D eigenvalue weighted by atomic mass is 127. The lowest BCUT2D eigenvalue weighted by molar-refractivity contribution is -0.169. The number of hydrogen-bond acceptors (Lipinski definition) is 6. The number of anilines is 2. The standard InChI is InChI=1S/C19H17FIN3O3S/c1-19(10-25)6-8-24(27-19)18(26)15-12-3-2-7-22-16(12)28-17(15)23-14-5-4-11(21)9-13(14)20/h2-5,7,9,23,25H,6,8,10H2,1H3. The Morgan fingerprint density at radius 3 is 3.04 bits per heavy atom. The summed E-state index contributed by atoms with van der Waals surface area (Å²) in [4.78, 5) is 23.9. The van der Waals surface area contributed by atoms with Gasteiger partial charge in [0.05, 0.1) is 24.4 Å². The van der Waals surface area contributed by atoms with Crippen LogP contribution in [0.3, 0.4) is 0 Å². The number of carbonyl (C=O) groups excluding carboxylic acids is 1. The number of aromatic nitrogens is 1. The molecule has 1 aromatic carbocycles. The first-order valence-electron chi connectivity index (χ1n) is 8.62. The molecule has 0 bridgehead atoms. The molecule has 0 aliphatic carbocycles. The van der Waals surface area contributed by atoms with Crippen LogP contribution in [0.4, 0.5) is 15.1 Å². The molecule has 9 heteroatoms. The molecule has 3 heterocycles. The van der Waals surface area contributed by atoms with E-state index in [1.807, 2.05) is 28.7 Å². The van der Waals surface area contributed by atoms with Crippen LogP contribution in [0.15, 0.2) is 36.5 Å². The van der Waals surface area contributed by atoms with Gasteiger partial charge in [-0.15, -0.1) is 0 Å². The van der Waals surface area contributed by atoms with E-state index in [1.165, 1.54) is 22.5 Å². The van der Waals surface area contributed by atoms with E-state index < -0.39 is 11.4 Å². The first-order valence-corrected chi connectivity index (χ1v) is 10.5. The van der Waals surface area contributed by atoms with Crippen LogP contribution in [0, 0.1) is 9.39 Å². The summed E-state index contributed by atoms with van der Waals surface area (Å²) >= 11 is 3.32. The van der Waals surface area contributed by atoms with Crippen molar-refractivity contribution in [3.05, 3.63) is 51.5 Å². The fraction of sp³-hybridized carbons (Fsp3) is 0.263. The van der Waals surface area contributed by atoms with E-state index >= 15 is 0 Å². The Balaban J connectivity index is 1.74. The lowest BCUT2D eigenvalue weighted by Gasteiger charge is -2.22. The largest absolute Gasteiger partial charge is 0.393 e. The molecule has 1 fully saturated rings. The number of halogens is 2. The fourth-order valence-corrected chi connectivity index (χ4v) is 4.52. The maximum absolute atomic E-state index is 14.3. The summed E-state index contributed by atoms with van der Waals surface area (Å²) in [6.45, 7) is 1.94. The van der Waals surface area contributed by atoms with Gasteiger partial charge in [0.25, 0.3) is 5.91 Å². The number of fused-ring (bicyclic) bond motifs is 1. The highest BCUT2D eigenvalue weighted by molar-refractivity contribution is 14.1. The number of rotatable bonds is 4. The average molecular weight is 513 g/mol. The van der Waals surface area contributed by atoms with Gasteiger partial charge in [0, 0.05) is 21.6 Å². The number of aliphatic hydroxyl groups excluding tert-OH is 1. The molecule has 2 aromatic heterocycles. The Labute approximate surface area is 178 Å². The second-order valence-electron chi connectivity index (χ2n) is 6.77. The zero-order valence-electron chi connectivity index (χ0n) is 14.9. The number of carbonyl (C=O) groups is 1. The van der Waals surface area contributed by atoms with Crippen molar-refractivity contribution in [2.75, 3.05) is 18.5 Å². The summed E-state index contributed by atoms with van der Waals surface area (Å²) in [6.07, 6.45) is 2.18. The number of benzene rings is 1. The lowest BCUT2D eigenvalue weighted by atomic mass is 10.1. The molecular formula is C19H17FIN3O3S. The van der Waals surface area contributed by atoms with Crippen LogP contribution in [-0.2, 0) is 4.84 Å². The van der Waals surface area contributed by atoms with Crippen molar-refractivity contribution < 1.29 is 19.1 Å². The number of hydrogen-bond donors (Lipinski definition) is 2. The number of nitrogens with one attached hydrogen (secondary N) is 1. The van der Waals surface area contributed by atoms with Gasteiger partial charge in [0.1, 0.15) is 21.2 Å². The summed E-state index contributed by atoms with van der Waals surface area (Å²) in [5.41, 5.74) is -0.118. The SMILES string of the molecule is CC1(CO)CCN(C(=O)c2c(Nc3ccc(I)cc3F)sc3ncccc23)O1. The van der Waals surface area contributed by atoms with Crippen LogP contribution in [0.5, 0.6) is 0 Å². The smallest absolute Gasteiger partial charge is 0.281 e. The van der Waals surface area contributed by atoms with Crippen molar-refractivity contribution in [1.29, 1.82) is 0 Å². The van der Waals surface area contributed by atoms with Crippen molar-refractivity contribution in [2.45, 2.75) is 18.9 Å². The van der Waals surface area contributed by atoms with E-state index in [0.29, 0.717) is 33.7 Å². The maximum Gasteiger partial charge on any atom is 0.281 e. The van der Waals surface area contributed by atoms with Crippen LogP contribution in [0.1, 0.15) is 23.7 Å². The molecule has 0 saturated carbocycles. The summed E-state index contributed by atoms with van der Waals surface area (Å²) in [7, 11) is 0. The third-order valence-corrected chi connectivity index (χ3v) is 6.29. The average Bonchev–Trinajstić information content (AvgIpc) is 3.25. The first-order chi connectivity index (χ1) is 13.4. The molecule has 6 nitrogen and oxygen atoms in total. The Hall–Kier alpha value is -1.82. The summed E-state index contributed by atoms with van der Waals surface area (Å²) in [5, 5.41) is 15.0. The van der Waals surface area contributed by atoms with E-state index in [4.69, 9.17) is 4.84 Å².